The van der Waals surface area contributed by atoms with Crippen LogP contribution in [-0.2, 0) is 4.79 Å². The van der Waals surface area contributed by atoms with Gasteiger partial charge in [-0.05, 0) is 43.2 Å². The number of benzene rings is 1. The summed E-state index contributed by atoms with van der Waals surface area (Å²) in [6.45, 7) is 4.28. The molecule has 0 saturated carbocycles. The second kappa shape index (κ2) is 6.82. The van der Waals surface area contributed by atoms with Gasteiger partial charge < -0.3 is 10.6 Å². The van der Waals surface area contributed by atoms with Gasteiger partial charge in [0.2, 0.25) is 5.91 Å². The van der Waals surface area contributed by atoms with Crippen molar-refractivity contribution in [2.75, 3.05) is 11.9 Å². The topological polar surface area (TPSA) is 54.0 Å². The summed E-state index contributed by atoms with van der Waals surface area (Å²) < 4.78 is 0. The van der Waals surface area contributed by atoms with Gasteiger partial charge in [-0.1, -0.05) is 18.2 Å². The number of carbonyl (C=O) groups is 1. The van der Waals surface area contributed by atoms with Crippen molar-refractivity contribution in [3.05, 3.63) is 59.9 Å². The zero-order chi connectivity index (χ0) is 14.4. The first-order valence-corrected chi connectivity index (χ1v) is 6.65. The number of hydrogen-bond donors (Lipinski definition) is 2. The highest BCUT2D eigenvalue weighted by molar-refractivity contribution is 5.92. The van der Waals surface area contributed by atoms with E-state index in [-0.39, 0.29) is 18.5 Å². The number of pyridine rings is 1. The van der Waals surface area contributed by atoms with Crippen molar-refractivity contribution in [1.82, 2.24) is 10.3 Å². The molecule has 0 aliphatic carbocycles. The molecule has 1 aromatic heterocycles. The molecule has 4 nitrogen and oxygen atoms in total. The standard InChI is InChI=1S/C16H19N3O/c1-12-5-3-7-15(9-12)19-16(20)11-18-13(2)14-6-4-8-17-10-14/h3-10,13,18H,11H2,1-2H3,(H,19,20)/t13-/m0/s1. The first kappa shape index (κ1) is 14.2. The number of nitrogens with one attached hydrogen (secondary N) is 2. The summed E-state index contributed by atoms with van der Waals surface area (Å²) in [5.74, 6) is -0.0497. The lowest BCUT2D eigenvalue weighted by Crippen LogP contribution is -2.30. The van der Waals surface area contributed by atoms with Crippen LogP contribution in [0, 0.1) is 6.92 Å². The lowest BCUT2D eigenvalue weighted by Gasteiger charge is -2.13. The number of hydrogen-bond acceptors (Lipinski definition) is 3. The summed E-state index contributed by atoms with van der Waals surface area (Å²) in [5.41, 5.74) is 3.01. The summed E-state index contributed by atoms with van der Waals surface area (Å²) in [6, 6.07) is 11.7. The van der Waals surface area contributed by atoms with Gasteiger partial charge in [0.05, 0.1) is 6.54 Å². The maximum atomic E-state index is 11.9. The molecular weight excluding hydrogens is 250 g/mol. The van der Waals surface area contributed by atoms with E-state index >= 15 is 0 Å². The van der Waals surface area contributed by atoms with Gasteiger partial charge in [0.1, 0.15) is 0 Å². The number of amides is 1. The van der Waals surface area contributed by atoms with Crippen molar-refractivity contribution in [2.45, 2.75) is 19.9 Å². The minimum Gasteiger partial charge on any atom is -0.325 e. The molecule has 2 N–H and O–H groups in total. The molecule has 1 amide bonds. The van der Waals surface area contributed by atoms with Crippen LogP contribution >= 0.6 is 0 Å². The summed E-state index contributed by atoms with van der Waals surface area (Å²) in [7, 11) is 0. The second-order valence-corrected chi connectivity index (χ2v) is 4.81. The van der Waals surface area contributed by atoms with Crippen molar-refractivity contribution in [2.24, 2.45) is 0 Å². The minimum atomic E-state index is -0.0497. The Morgan fingerprint density at radius 3 is 2.85 bits per heavy atom. The van der Waals surface area contributed by atoms with Crippen LogP contribution in [-0.4, -0.2) is 17.4 Å². The summed E-state index contributed by atoms with van der Waals surface area (Å²) in [4.78, 5) is 15.9. The quantitative estimate of drug-likeness (QED) is 0.877. The average Bonchev–Trinajstić information content (AvgIpc) is 2.46. The molecule has 0 bridgehead atoms. The van der Waals surface area contributed by atoms with Crippen molar-refractivity contribution in [3.63, 3.8) is 0 Å². The number of rotatable bonds is 5. The molecule has 104 valence electrons. The zero-order valence-corrected chi connectivity index (χ0v) is 11.8. The van der Waals surface area contributed by atoms with Gasteiger partial charge in [0.25, 0.3) is 0 Å². The van der Waals surface area contributed by atoms with Gasteiger partial charge >= 0.3 is 0 Å². The van der Waals surface area contributed by atoms with E-state index in [1.807, 2.05) is 50.2 Å². The molecule has 0 aliphatic heterocycles. The van der Waals surface area contributed by atoms with Crippen LogP contribution in [0.2, 0.25) is 0 Å². The van der Waals surface area contributed by atoms with E-state index in [1.165, 1.54) is 0 Å². The molecule has 1 heterocycles. The number of carbonyl (C=O) groups excluding carboxylic acids is 1. The number of anilines is 1. The van der Waals surface area contributed by atoms with Crippen LogP contribution in [0.4, 0.5) is 5.69 Å². The smallest absolute Gasteiger partial charge is 0.238 e. The Morgan fingerprint density at radius 2 is 2.15 bits per heavy atom. The molecule has 0 spiro atoms. The van der Waals surface area contributed by atoms with E-state index in [0.29, 0.717) is 0 Å². The summed E-state index contributed by atoms with van der Waals surface area (Å²) in [5, 5.41) is 6.05. The molecule has 4 heteroatoms. The lowest BCUT2D eigenvalue weighted by molar-refractivity contribution is -0.115. The molecule has 1 aromatic carbocycles. The Kier molecular flexibility index (Phi) is 4.85. The third-order valence-electron chi connectivity index (χ3n) is 3.06. The molecular formula is C16H19N3O. The molecule has 0 radical (unpaired) electrons. The zero-order valence-electron chi connectivity index (χ0n) is 11.8. The third-order valence-corrected chi connectivity index (χ3v) is 3.06. The SMILES string of the molecule is Cc1cccc(NC(=O)CN[C@@H](C)c2cccnc2)c1. The molecule has 1 atom stereocenters. The van der Waals surface area contributed by atoms with Crippen LogP contribution in [0.15, 0.2) is 48.8 Å². The maximum Gasteiger partial charge on any atom is 0.238 e. The van der Waals surface area contributed by atoms with Gasteiger partial charge in [-0.2, -0.15) is 0 Å². The molecule has 0 saturated heterocycles. The number of nitrogens with zero attached hydrogens (tertiary/aromatic N) is 1. The number of aromatic nitrogens is 1. The second-order valence-electron chi connectivity index (χ2n) is 4.81. The van der Waals surface area contributed by atoms with Gasteiger partial charge in [-0.15, -0.1) is 0 Å². The minimum absolute atomic E-state index is 0.0497. The molecule has 0 fully saturated rings. The molecule has 0 aliphatic rings. The predicted octanol–water partition coefficient (Wildman–Crippen LogP) is 2.68. The van der Waals surface area contributed by atoms with Crippen LogP contribution < -0.4 is 10.6 Å². The highest BCUT2D eigenvalue weighted by Gasteiger charge is 2.07. The lowest BCUT2D eigenvalue weighted by atomic mass is 10.1. The van der Waals surface area contributed by atoms with E-state index in [1.54, 1.807) is 12.4 Å². The van der Waals surface area contributed by atoms with Crippen LogP contribution in [0.25, 0.3) is 0 Å². The Balaban J connectivity index is 1.83. The van der Waals surface area contributed by atoms with E-state index in [0.717, 1.165) is 16.8 Å². The predicted molar refractivity (Wildman–Crippen MR) is 80.5 cm³/mol. The first-order valence-electron chi connectivity index (χ1n) is 6.65. The van der Waals surface area contributed by atoms with E-state index in [4.69, 9.17) is 0 Å². The van der Waals surface area contributed by atoms with Gasteiger partial charge in [0, 0.05) is 24.1 Å². The fourth-order valence-corrected chi connectivity index (χ4v) is 1.92. The van der Waals surface area contributed by atoms with E-state index < -0.39 is 0 Å². The Bertz CT molecular complexity index is 569. The third kappa shape index (κ3) is 4.17. The molecule has 20 heavy (non-hydrogen) atoms. The monoisotopic (exact) mass is 269 g/mol. The van der Waals surface area contributed by atoms with Gasteiger partial charge in [0.15, 0.2) is 0 Å². The Morgan fingerprint density at radius 1 is 1.30 bits per heavy atom. The van der Waals surface area contributed by atoms with Crippen LogP contribution in [0.1, 0.15) is 24.1 Å². The van der Waals surface area contributed by atoms with Crippen molar-refractivity contribution < 1.29 is 4.79 Å². The normalized spacial score (nSPS) is 11.9. The van der Waals surface area contributed by atoms with Gasteiger partial charge in [-0.3, -0.25) is 9.78 Å². The Labute approximate surface area is 119 Å². The fraction of sp³-hybridized carbons (Fsp3) is 0.250. The summed E-state index contributed by atoms with van der Waals surface area (Å²) >= 11 is 0. The van der Waals surface area contributed by atoms with Crippen molar-refractivity contribution in [1.29, 1.82) is 0 Å². The largest absolute Gasteiger partial charge is 0.325 e. The first-order chi connectivity index (χ1) is 9.65. The van der Waals surface area contributed by atoms with E-state index in [2.05, 4.69) is 15.6 Å². The van der Waals surface area contributed by atoms with Crippen LogP contribution in [0.3, 0.4) is 0 Å². The highest BCUT2D eigenvalue weighted by atomic mass is 16.1. The molecule has 2 aromatic rings. The highest BCUT2D eigenvalue weighted by Crippen LogP contribution is 2.11. The average molecular weight is 269 g/mol. The van der Waals surface area contributed by atoms with Crippen LogP contribution in [0.5, 0.6) is 0 Å². The summed E-state index contributed by atoms with van der Waals surface area (Å²) in [6.07, 6.45) is 3.54. The van der Waals surface area contributed by atoms with E-state index in [9.17, 15) is 4.79 Å². The molecule has 2 rings (SSSR count). The number of aryl methyl sites for hydroxylation is 1. The fourth-order valence-electron chi connectivity index (χ4n) is 1.92. The maximum absolute atomic E-state index is 11.9. The molecule has 0 unspecified atom stereocenters. The van der Waals surface area contributed by atoms with Crippen molar-refractivity contribution in [3.8, 4) is 0 Å². The van der Waals surface area contributed by atoms with Crippen molar-refractivity contribution >= 4 is 11.6 Å². The Hall–Kier alpha value is -2.20. The van der Waals surface area contributed by atoms with Gasteiger partial charge in [-0.25, -0.2) is 0 Å².